The highest BCUT2D eigenvalue weighted by Crippen LogP contribution is 2.21. The van der Waals surface area contributed by atoms with E-state index in [4.69, 9.17) is 4.74 Å². The van der Waals surface area contributed by atoms with Gasteiger partial charge >= 0.3 is 5.97 Å². The van der Waals surface area contributed by atoms with Crippen LogP contribution >= 0.6 is 0 Å². The normalized spacial score (nSPS) is 20.1. The summed E-state index contributed by atoms with van der Waals surface area (Å²) < 4.78 is 5.61. The van der Waals surface area contributed by atoms with Crippen molar-refractivity contribution in [1.82, 2.24) is 4.90 Å². The van der Waals surface area contributed by atoms with Crippen LogP contribution in [0.4, 0.5) is 0 Å². The van der Waals surface area contributed by atoms with Crippen LogP contribution in [0.25, 0.3) is 0 Å². The second kappa shape index (κ2) is 6.75. The number of carboxylic acids is 1. The van der Waals surface area contributed by atoms with E-state index in [1.54, 1.807) is 0 Å². The molecule has 4 heteroatoms. The van der Waals surface area contributed by atoms with Crippen LogP contribution < -0.4 is 4.74 Å². The minimum Gasteiger partial charge on any atom is -0.491 e. The van der Waals surface area contributed by atoms with Crippen molar-refractivity contribution in [3.63, 3.8) is 0 Å². The highest BCUT2D eigenvalue weighted by molar-refractivity contribution is 5.73. The molecule has 0 spiro atoms. The van der Waals surface area contributed by atoms with E-state index >= 15 is 0 Å². The summed E-state index contributed by atoms with van der Waals surface area (Å²) in [5.74, 6) is 0.154. The molecule has 0 radical (unpaired) electrons. The molecule has 1 N–H and O–H groups in total. The first-order valence-corrected chi connectivity index (χ1v) is 7.28. The Morgan fingerprint density at radius 2 is 2.05 bits per heavy atom. The SMILES string of the molecule is CC(C)Oc1ccc(CN2CCCCC2C(=O)O)cc1. The van der Waals surface area contributed by atoms with Crippen molar-refractivity contribution in [1.29, 1.82) is 0 Å². The van der Waals surface area contributed by atoms with Gasteiger partial charge in [0.15, 0.2) is 0 Å². The number of nitrogens with zero attached hydrogens (tertiary/aromatic N) is 1. The molecule has 1 atom stereocenters. The van der Waals surface area contributed by atoms with Gasteiger partial charge in [0.05, 0.1) is 6.10 Å². The summed E-state index contributed by atoms with van der Waals surface area (Å²) in [6, 6.07) is 7.61. The molecule has 1 fully saturated rings. The molecular formula is C16H23NO3. The summed E-state index contributed by atoms with van der Waals surface area (Å²) in [5.41, 5.74) is 1.13. The third-order valence-electron chi connectivity index (χ3n) is 3.58. The van der Waals surface area contributed by atoms with Gasteiger partial charge in [0.1, 0.15) is 11.8 Å². The lowest BCUT2D eigenvalue weighted by molar-refractivity contribution is -0.144. The first-order valence-electron chi connectivity index (χ1n) is 7.28. The van der Waals surface area contributed by atoms with Gasteiger partial charge in [-0.25, -0.2) is 0 Å². The predicted molar refractivity (Wildman–Crippen MR) is 77.9 cm³/mol. The lowest BCUT2D eigenvalue weighted by Gasteiger charge is -2.32. The lowest BCUT2D eigenvalue weighted by Crippen LogP contribution is -2.43. The number of carbonyl (C=O) groups is 1. The highest BCUT2D eigenvalue weighted by Gasteiger charge is 2.28. The number of benzene rings is 1. The number of ether oxygens (including phenoxy) is 1. The molecule has 0 amide bonds. The standard InChI is InChI=1S/C16H23NO3/c1-12(2)20-14-8-6-13(7-9-14)11-17-10-4-3-5-15(17)16(18)19/h6-9,12,15H,3-5,10-11H2,1-2H3,(H,18,19). The third kappa shape index (κ3) is 3.97. The van der Waals surface area contributed by atoms with Crippen molar-refractivity contribution in [3.05, 3.63) is 29.8 Å². The van der Waals surface area contributed by atoms with Crippen molar-refractivity contribution in [2.24, 2.45) is 0 Å². The minimum absolute atomic E-state index is 0.166. The Bertz CT molecular complexity index is 442. The topological polar surface area (TPSA) is 49.8 Å². The minimum atomic E-state index is -0.704. The van der Waals surface area contributed by atoms with Crippen LogP contribution in [-0.2, 0) is 11.3 Å². The second-order valence-corrected chi connectivity index (χ2v) is 5.63. The van der Waals surface area contributed by atoms with Crippen LogP contribution in [0.15, 0.2) is 24.3 Å². The number of rotatable bonds is 5. The summed E-state index contributed by atoms with van der Waals surface area (Å²) in [6.45, 7) is 5.55. The highest BCUT2D eigenvalue weighted by atomic mass is 16.5. The van der Waals surface area contributed by atoms with Crippen LogP contribution in [0.1, 0.15) is 38.7 Å². The van der Waals surface area contributed by atoms with E-state index in [0.717, 1.165) is 37.1 Å². The zero-order valence-corrected chi connectivity index (χ0v) is 12.2. The monoisotopic (exact) mass is 277 g/mol. The number of aliphatic carboxylic acids is 1. The number of piperidine rings is 1. The molecule has 0 aliphatic carbocycles. The maximum absolute atomic E-state index is 11.3. The van der Waals surface area contributed by atoms with Gasteiger partial charge in [0.2, 0.25) is 0 Å². The van der Waals surface area contributed by atoms with E-state index in [9.17, 15) is 9.90 Å². The Hall–Kier alpha value is -1.55. The Morgan fingerprint density at radius 3 is 2.65 bits per heavy atom. The number of carboxylic acid groups (broad SMARTS) is 1. The fourth-order valence-corrected chi connectivity index (χ4v) is 2.64. The zero-order valence-electron chi connectivity index (χ0n) is 12.2. The largest absolute Gasteiger partial charge is 0.491 e. The molecule has 0 bridgehead atoms. The molecule has 2 rings (SSSR count). The van der Waals surface area contributed by atoms with Gasteiger partial charge in [-0.2, -0.15) is 0 Å². The van der Waals surface area contributed by atoms with E-state index in [0.29, 0.717) is 6.54 Å². The molecule has 1 aromatic carbocycles. The quantitative estimate of drug-likeness (QED) is 0.899. The number of likely N-dealkylation sites (tertiary alicyclic amines) is 1. The first-order chi connectivity index (χ1) is 9.56. The van der Waals surface area contributed by atoms with Crippen molar-refractivity contribution in [2.45, 2.75) is 51.8 Å². The van der Waals surface area contributed by atoms with Gasteiger partial charge in [-0.15, -0.1) is 0 Å². The summed E-state index contributed by atoms with van der Waals surface area (Å²) in [5, 5.41) is 9.27. The summed E-state index contributed by atoms with van der Waals surface area (Å²) in [4.78, 5) is 13.3. The van der Waals surface area contributed by atoms with Gasteiger partial charge in [-0.05, 0) is 50.9 Å². The van der Waals surface area contributed by atoms with E-state index in [1.165, 1.54) is 0 Å². The Labute approximate surface area is 120 Å². The molecule has 1 aliphatic rings. The number of hydrogen-bond acceptors (Lipinski definition) is 3. The van der Waals surface area contributed by atoms with Crippen LogP contribution in [0, 0.1) is 0 Å². The molecule has 0 aromatic heterocycles. The van der Waals surface area contributed by atoms with Crippen LogP contribution in [0.3, 0.4) is 0 Å². The van der Waals surface area contributed by atoms with Crippen molar-refractivity contribution in [2.75, 3.05) is 6.54 Å². The molecule has 1 heterocycles. The summed E-state index contributed by atoms with van der Waals surface area (Å²) >= 11 is 0. The smallest absolute Gasteiger partial charge is 0.320 e. The fourth-order valence-electron chi connectivity index (χ4n) is 2.64. The van der Waals surface area contributed by atoms with Crippen LogP contribution in [0.2, 0.25) is 0 Å². The van der Waals surface area contributed by atoms with E-state index in [1.807, 2.05) is 38.1 Å². The molecule has 1 saturated heterocycles. The van der Waals surface area contributed by atoms with Gasteiger partial charge in [0.25, 0.3) is 0 Å². The van der Waals surface area contributed by atoms with Gasteiger partial charge in [0, 0.05) is 6.54 Å². The summed E-state index contributed by atoms with van der Waals surface area (Å²) in [7, 11) is 0. The van der Waals surface area contributed by atoms with E-state index in [2.05, 4.69) is 4.90 Å². The van der Waals surface area contributed by atoms with Crippen molar-refractivity contribution >= 4 is 5.97 Å². The Kier molecular flexibility index (Phi) is 5.01. The number of hydrogen-bond donors (Lipinski definition) is 1. The Balaban J connectivity index is 1.99. The van der Waals surface area contributed by atoms with Crippen molar-refractivity contribution < 1.29 is 14.6 Å². The maximum atomic E-state index is 11.3. The fraction of sp³-hybridized carbons (Fsp3) is 0.562. The maximum Gasteiger partial charge on any atom is 0.320 e. The van der Waals surface area contributed by atoms with Gasteiger partial charge < -0.3 is 9.84 Å². The molecule has 1 aromatic rings. The predicted octanol–water partition coefficient (Wildman–Crippen LogP) is 2.91. The van der Waals surface area contributed by atoms with E-state index < -0.39 is 5.97 Å². The van der Waals surface area contributed by atoms with Gasteiger partial charge in [-0.1, -0.05) is 18.6 Å². The van der Waals surface area contributed by atoms with Crippen LogP contribution in [-0.4, -0.2) is 34.7 Å². The molecule has 0 saturated carbocycles. The van der Waals surface area contributed by atoms with Gasteiger partial charge in [-0.3, -0.25) is 9.69 Å². The Morgan fingerprint density at radius 1 is 1.35 bits per heavy atom. The molecular weight excluding hydrogens is 254 g/mol. The average Bonchev–Trinajstić information content (AvgIpc) is 2.41. The molecule has 4 nitrogen and oxygen atoms in total. The second-order valence-electron chi connectivity index (χ2n) is 5.63. The van der Waals surface area contributed by atoms with Crippen LogP contribution in [0.5, 0.6) is 5.75 Å². The average molecular weight is 277 g/mol. The summed E-state index contributed by atoms with van der Waals surface area (Å²) in [6.07, 6.45) is 3.01. The zero-order chi connectivity index (χ0) is 14.5. The van der Waals surface area contributed by atoms with E-state index in [-0.39, 0.29) is 12.1 Å². The molecule has 20 heavy (non-hydrogen) atoms. The third-order valence-corrected chi connectivity index (χ3v) is 3.58. The molecule has 1 unspecified atom stereocenters. The molecule has 1 aliphatic heterocycles. The van der Waals surface area contributed by atoms with Crippen molar-refractivity contribution in [3.8, 4) is 5.75 Å². The first kappa shape index (κ1) is 14.9. The lowest BCUT2D eigenvalue weighted by atomic mass is 10.0. The molecule has 110 valence electrons.